The van der Waals surface area contributed by atoms with Gasteiger partial charge in [0.05, 0.1) is 0 Å². The Bertz CT molecular complexity index is 601. The van der Waals surface area contributed by atoms with E-state index in [0.29, 0.717) is 45.4 Å². The van der Waals surface area contributed by atoms with Crippen LogP contribution >= 0.6 is 0 Å². The van der Waals surface area contributed by atoms with Crippen LogP contribution in [0.3, 0.4) is 0 Å². The molecule has 2 heterocycles. The van der Waals surface area contributed by atoms with Crippen molar-refractivity contribution < 1.29 is 14.4 Å². The highest BCUT2D eigenvalue weighted by Gasteiger charge is 2.58. The molecule has 0 aromatic carbocycles. The lowest BCUT2D eigenvalue weighted by Gasteiger charge is -2.49. The number of amides is 3. The Hall–Kier alpha value is -1.89. The number of nitrogens with zero attached hydrogens (tertiary/aromatic N) is 3. The third-order valence-corrected chi connectivity index (χ3v) is 6.27. The molecule has 3 fully saturated rings. The SMILES string of the molecule is C=CCN1CC[C@]2(CCC1=O)CN(C(=O)C1(C(N)=O)CC1)CCN2C. The molecule has 3 aliphatic rings. The Labute approximate surface area is 148 Å². The summed E-state index contributed by atoms with van der Waals surface area (Å²) in [4.78, 5) is 42.9. The van der Waals surface area contributed by atoms with Crippen LogP contribution in [0.5, 0.6) is 0 Å². The number of carbonyl (C=O) groups excluding carboxylic acids is 3. The molecule has 7 nitrogen and oxygen atoms in total. The summed E-state index contributed by atoms with van der Waals surface area (Å²) in [5.41, 5.74) is 4.29. The maximum atomic E-state index is 12.9. The number of carbonyl (C=O) groups is 3. The van der Waals surface area contributed by atoms with Crippen LogP contribution in [0.25, 0.3) is 0 Å². The van der Waals surface area contributed by atoms with Crippen LogP contribution in [-0.4, -0.2) is 77.7 Å². The largest absolute Gasteiger partial charge is 0.369 e. The Morgan fingerprint density at radius 2 is 1.92 bits per heavy atom. The standard InChI is InChI=1S/C18H28N4O3/c1-3-9-21-10-8-17(5-4-14(21)23)13-22(12-11-20(17)2)16(25)18(6-7-18)15(19)24/h3H,1,4-13H2,2H3,(H2,19,24)/t17-/m1/s1. The van der Waals surface area contributed by atoms with Gasteiger partial charge in [-0.2, -0.15) is 0 Å². The normalized spacial score (nSPS) is 29.4. The molecule has 0 aromatic heterocycles. The summed E-state index contributed by atoms with van der Waals surface area (Å²) >= 11 is 0. The summed E-state index contributed by atoms with van der Waals surface area (Å²) in [7, 11) is 2.07. The molecule has 3 rings (SSSR count). The van der Waals surface area contributed by atoms with Gasteiger partial charge >= 0.3 is 0 Å². The van der Waals surface area contributed by atoms with Gasteiger partial charge in [0.25, 0.3) is 0 Å². The van der Waals surface area contributed by atoms with E-state index in [1.807, 2.05) is 9.80 Å². The van der Waals surface area contributed by atoms with E-state index in [1.54, 1.807) is 6.08 Å². The predicted molar refractivity (Wildman–Crippen MR) is 93.4 cm³/mol. The fourth-order valence-corrected chi connectivity index (χ4v) is 4.21. The van der Waals surface area contributed by atoms with Crippen LogP contribution in [0.2, 0.25) is 0 Å². The summed E-state index contributed by atoms with van der Waals surface area (Å²) in [5.74, 6) is -0.478. The number of hydrogen-bond acceptors (Lipinski definition) is 4. The number of primary amides is 1. The number of rotatable bonds is 4. The highest BCUT2D eigenvalue weighted by Crippen LogP contribution is 2.47. The molecular weight excluding hydrogens is 320 g/mol. The van der Waals surface area contributed by atoms with Gasteiger partial charge in [-0.15, -0.1) is 6.58 Å². The van der Waals surface area contributed by atoms with E-state index in [0.717, 1.165) is 19.4 Å². The molecule has 0 bridgehead atoms. The van der Waals surface area contributed by atoms with Crippen molar-refractivity contribution in [3.63, 3.8) is 0 Å². The summed E-state index contributed by atoms with van der Waals surface area (Å²) in [5, 5.41) is 0. The lowest BCUT2D eigenvalue weighted by atomic mass is 9.85. The van der Waals surface area contributed by atoms with Gasteiger partial charge in [-0.05, 0) is 32.7 Å². The van der Waals surface area contributed by atoms with Gasteiger partial charge in [-0.3, -0.25) is 19.3 Å². The zero-order valence-corrected chi connectivity index (χ0v) is 15.0. The Balaban J connectivity index is 1.76. The molecule has 138 valence electrons. The predicted octanol–water partition coefficient (Wildman–Crippen LogP) is -0.0368. The fraction of sp³-hybridized carbons (Fsp3) is 0.722. The van der Waals surface area contributed by atoms with E-state index in [4.69, 9.17) is 5.73 Å². The van der Waals surface area contributed by atoms with E-state index in [9.17, 15) is 14.4 Å². The minimum absolute atomic E-state index is 0.119. The number of nitrogens with two attached hydrogens (primary N) is 1. The first kappa shape index (κ1) is 17.9. The van der Waals surface area contributed by atoms with Crippen LogP contribution in [-0.2, 0) is 14.4 Å². The third-order valence-electron chi connectivity index (χ3n) is 6.27. The van der Waals surface area contributed by atoms with Gasteiger partial charge in [0, 0.05) is 44.7 Å². The fourth-order valence-electron chi connectivity index (χ4n) is 4.21. The van der Waals surface area contributed by atoms with Crippen molar-refractivity contribution in [1.29, 1.82) is 0 Å². The summed E-state index contributed by atoms with van der Waals surface area (Å²) in [6, 6.07) is 0. The molecule has 2 saturated heterocycles. The topological polar surface area (TPSA) is 87.0 Å². The summed E-state index contributed by atoms with van der Waals surface area (Å²) in [6.45, 7) is 6.87. The van der Waals surface area contributed by atoms with E-state index in [-0.39, 0.29) is 17.4 Å². The summed E-state index contributed by atoms with van der Waals surface area (Å²) < 4.78 is 0. The molecule has 3 amide bonds. The molecule has 0 radical (unpaired) electrons. The molecule has 0 aromatic rings. The number of piperazine rings is 1. The molecule has 2 N–H and O–H groups in total. The van der Waals surface area contributed by atoms with E-state index >= 15 is 0 Å². The van der Waals surface area contributed by atoms with Crippen molar-refractivity contribution in [2.24, 2.45) is 11.1 Å². The van der Waals surface area contributed by atoms with Gasteiger partial charge in [0.1, 0.15) is 5.41 Å². The second kappa shape index (κ2) is 6.44. The van der Waals surface area contributed by atoms with Crippen LogP contribution in [0.15, 0.2) is 12.7 Å². The number of likely N-dealkylation sites (N-methyl/N-ethyl adjacent to an activating group) is 1. The van der Waals surface area contributed by atoms with Crippen molar-refractivity contribution in [3.8, 4) is 0 Å². The first-order valence-electron chi connectivity index (χ1n) is 9.04. The Morgan fingerprint density at radius 1 is 1.20 bits per heavy atom. The van der Waals surface area contributed by atoms with Crippen LogP contribution < -0.4 is 5.73 Å². The minimum Gasteiger partial charge on any atom is -0.369 e. The van der Waals surface area contributed by atoms with Crippen molar-refractivity contribution in [3.05, 3.63) is 12.7 Å². The Kier molecular flexibility index (Phi) is 4.62. The van der Waals surface area contributed by atoms with Crippen LogP contribution in [0.4, 0.5) is 0 Å². The average Bonchev–Trinajstić information content (AvgIpc) is 3.40. The van der Waals surface area contributed by atoms with Gasteiger partial charge in [0.15, 0.2) is 0 Å². The first-order valence-corrected chi connectivity index (χ1v) is 9.04. The van der Waals surface area contributed by atoms with Gasteiger partial charge in [-0.1, -0.05) is 6.08 Å². The molecule has 25 heavy (non-hydrogen) atoms. The first-order chi connectivity index (χ1) is 11.8. The number of likely N-dealkylation sites (tertiary alicyclic amines) is 1. The van der Waals surface area contributed by atoms with E-state index < -0.39 is 11.3 Å². The maximum absolute atomic E-state index is 12.9. The highest BCUT2D eigenvalue weighted by atomic mass is 16.2. The van der Waals surface area contributed by atoms with Gasteiger partial charge < -0.3 is 15.5 Å². The third kappa shape index (κ3) is 3.05. The van der Waals surface area contributed by atoms with Crippen molar-refractivity contribution in [2.45, 2.75) is 37.6 Å². The molecule has 1 spiro atoms. The van der Waals surface area contributed by atoms with Crippen molar-refractivity contribution >= 4 is 17.7 Å². The lowest BCUT2D eigenvalue weighted by Crippen LogP contribution is -2.63. The monoisotopic (exact) mass is 348 g/mol. The van der Waals surface area contributed by atoms with Crippen molar-refractivity contribution in [2.75, 3.05) is 39.8 Å². The van der Waals surface area contributed by atoms with Crippen LogP contribution in [0, 0.1) is 5.41 Å². The molecule has 1 atom stereocenters. The molecule has 7 heteroatoms. The van der Waals surface area contributed by atoms with Crippen molar-refractivity contribution in [1.82, 2.24) is 14.7 Å². The molecular formula is C18H28N4O3. The number of hydrogen-bond donors (Lipinski definition) is 1. The smallest absolute Gasteiger partial charge is 0.238 e. The highest BCUT2D eigenvalue weighted by molar-refractivity contribution is 6.07. The summed E-state index contributed by atoms with van der Waals surface area (Å²) in [6.07, 6.45) is 4.89. The zero-order chi connectivity index (χ0) is 18.2. The molecule has 1 aliphatic carbocycles. The van der Waals surface area contributed by atoms with Gasteiger partial charge in [0.2, 0.25) is 17.7 Å². The van der Waals surface area contributed by atoms with Gasteiger partial charge in [-0.25, -0.2) is 0 Å². The second-order valence-electron chi connectivity index (χ2n) is 7.70. The van der Waals surface area contributed by atoms with E-state index in [1.165, 1.54) is 0 Å². The minimum atomic E-state index is -0.966. The molecule has 0 unspecified atom stereocenters. The maximum Gasteiger partial charge on any atom is 0.238 e. The zero-order valence-electron chi connectivity index (χ0n) is 15.0. The van der Waals surface area contributed by atoms with Crippen LogP contribution in [0.1, 0.15) is 32.1 Å². The average molecular weight is 348 g/mol. The lowest BCUT2D eigenvalue weighted by molar-refractivity contribution is -0.147. The molecule has 1 saturated carbocycles. The molecule has 2 aliphatic heterocycles. The quantitative estimate of drug-likeness (QED) is 0.571. The Morgan fingerprint density at radius 3 is 2.52 bits per heavy atom. The van der Waals surface area contributed by atoms with E-state index in [2.05, 4.69) is 18.5 Å². The second-order valence-corrected chi connectivity index (χ2v) is 7.70.